The maximum atomic E-state index is 7.54. The van der Waals surface area contributed by atoms with E-state index in [4.69, 9.17) is 4.42 Å². The van der Waals surface area contributed by atoms with Crippen molar-refractivity contribution in [2.75, 3.05) is 9.80 Å². The van der Waals surface area contributed by atoms with E-state index in [1.54, 1.807) is 0 Å². The molecule has 0 N–H and O–H groups in total. The Labute approximate surface area is 398 Å². The summed E-state index contributed by atoms with van der Waals surface area (Å²) < 4.78 is 12.5. The Bertz CT molecular complexity index is 3940. The summed E-state index contributed by atoms with van der Waals surface area (Å²) in [6.07, 6.45) is 0. The first-order valence-corrected chi connectivity index (χ1v) is 23.6. The van der Waals surface area contributed by atoms with Crippen molar-refractivity contribution in [2.24, 2.45) is 0 Å². The number of nitrogens with zero attached hydrogens (tertiary/aromatic N) is 4. The van der Waals surface area contributed by atoms with Crippen molar-refractivity contribution >= 4 is 77.9 Å². The van der Waals surface area contributed by atoms with Gasteiger partial charge in [-0.2, -0.15) is 0 Å². The van der Waals surface area contributed by atoms with E-state index in [1.165, 1.54) is 33.0 Å². The quantitative estimate of drug-likeness (QED) is 0.176. The number of hydrogen-bond donors (Lipinski definition) is 0. The van der Waals surface area contributed by atoms with Gasteiger partial charge >= 0.3 is 0 Å². The molecule has 2 aliphatic rings. The zero-order valence-corrected chi connectivity index (χ0v) is 37.3. The Morgan fingerprint density at radius 2 is 0.565 bits per heavy atom. The lowest BCUT2D eigenvalue weighted by atomic mass is 9.98. The molecule has 10 aromatic carbocycles. The summed E-state index contributed by atoms with van der Waals surface area (Å²) in [5, 5.41) is 4.49. The van der Waals surface area contributed by atoms with Crippen LogP contribution >= 0.6 is 0 Å². The fourth-order valence-corrected chi connectivity index (χ4v) is 11.6. The lowest BCUT2D eigenvalue weighted by molar-refractivity contribution is 0.663. The van der Waals surface area contributed by atoms with E-state index >= 15 is 0 Å². The van der Waals surface area contributed by atoms with E-state index < -0.39 is 0 Å². The summed E-state index contributed by atoms with van der Waals surface area (Å²) in [5.74, 6) is 0. The van der Waals surface area contributed by atoms with Crippen LogP contribution in [0.25, 0.3) is 99.9 Å². The van der Waals surface area contributed by atoms with Crippen LogP contribution in [0.5, 0.6) is 0 Å². The van der Waals surface area contributed by atoms with Crippen molar-refractivity contribution in [1.29, 1.82) is 0 Å². The van der Waals surface area contributed by atoms with Gasteiger partial charge in [0.25, 0.3) is 0 Å². The average Bonchev–Trinajstić information content (AvgIpc) is 4.03. The van der Waals surface area contributed by atoms with E-state index in [9.17, 15) is 0 Å². The van der Waals surface area contributed by atoms with Gasteiger partial charge in [-0.05, 0) is 72.8 Å². The molecule has 5 heterocycles. The van der Waals surface area contributed by atoms with Gasteiger partial charge in [-0.1, -0.05) is 170 Å². The molecular weight excluding hydrogens is 841 g/mol. The lowest BCUT2D eigenvalue weighted by Crippen LogP contribution is -2.11. The van der Waals surface area contributed by atoms with E-state index in [0.717, 1.165) is 101 Å². The van der Waals surface area contributed by atoms with Crippen LogP contribution in [0.2, 0.25) is 0 Å². The number of anilines is 6. The van der Waals surface area contributed by atoms with Gasteiger partial charge in [-0.3, -0.25) is 0 Å². The molecule has 0 saturated heterocycles. The summed E-state index contributed by atoms with van der Waals surface area (Å²) in [5.41, 5.74) is 21.9. The number of benzene rings is 10. The van der Waals surface area contributed by atoms with Crippen molar-refractivity contribution in [3.63, 3.8) is 0 Å². The summed E-state index contributed by atoms with van der Waals surface area (Å²) in [6.45, 7) is 0. The van der Waals surface area contributed by atoms with Gasteiger partial charge in [0.15, 0.2) is 11.2 Å². The number of furan rings is 1. The van der Waals surface area contributed by atoms with Crippen LogP contribution in [0.3, 0.4) is 0 Å². The molecule has 0 atom stereocenters. The second kappa shape index (κ2) is 14.6. The van der Waals surface area contributed by atoms with E-state index in [0.29, 0.717) is 0 Å². The molecule has 15 rings (SSSR count). The van der Waals surface area contributed by atoms with Gasteiger partial charge in [0.2, 0.25) is 0 Å². The van der Waals surface area contributed by atoms with Gasteiger partial charge in [0.1, 0.15) is 0 Å². The Morgan fingerprint density at radius 1 is 0.246 bits per heavy atom. The third kappa shape index (κ3) is 5.30. The normalized spacial score (nSPS) is 12.6. The van der Waals surface area contributed by atoms with Gasteiger partial charge in [-0.15, -0.1) is 0 Å². The molecule has 0 saturated carbocycles. The number of para-hydroxylation sites is 10. The molecular formula is C64H40N4O. The van der Waals surface area contributed by atoms with Gasteiger partial charge < -0.3 is 23.4 Å². The van der Waals surface area contributed by atoms with Crippen LogP contribution in [0.1, 0.15) is 0 Å². The summed E-state index contributed by atoms with van der Waals surface area (Å²) in [7, 11) is 0. The zero-order valence-electron chi connectivity index (χ0n) is 37.3. The van der Waals surface area contributed by atoms with Crippen molar-refractivity contribution in [1.82, 2.24) is 9.13 Å². The molecule has 0 aliphatic carbocycles. The van der Waals surface area contributed by atoms with Crippen LogP contribution in [-0.4, -0.2) is 9.13 Å². The second-order valence-electron chi connectivity index (χ2n) is 18.0. The van der Waals surface area contributed by atoms with Gasteiger partial charge in [0.05, 0.1) is 56.5 Å². The SMILES string of the molecule is c1ccc(N2c3ccccc3-c3c(n(-c4cccc5c4oc4c(-n6c7c(c8ccccc86)-c6ccccc6N(c6ccccc6)c6ccccc6-7)cccc45)c4ccccc34)-c3ccccc32)cc1. The highest BCUT2D eigenvalue weighted by molar-refractivity contribution is 6.17. The molecule has 322 valence electrons. The van der Waals surface area contributed by atoms with Crippen molar-refractivity contribution in [3.05, 3.63) is 243 Å². The van der Waals surface area contributed by atoms with Crippen LogP contribution in [0, 0.1) is 0 Å². The largest absolute Gasteiger partial charge is 0.452 e. The third-order valence-electron chi connectivity index (χ3n) is 14.4. The fourth-order valence-electron chi connectivity index (χ4n) is 11.6. The topological polar surface area (TPSA) is 29.5 Å². The van der Waals surface area contributed by atoms with Crippen LogP contribution in [0.15, 0.2) is 247 Å². The highest BCUT2D eigenvalue weighted by atomic mass is 16.3. The number of rotatable bonds is 4. The minimum absolute atomic E-state index is 0.835. The predicted molar refractivity (Wildman–Crippen MR) is 286 cm³/mol. The molecule has 0 fully saturated rings. The second-order valence-corrected chi connectivity index (χ2v) is 18.0. The first-order valence-electron chi connectivity index (χ1n) is 23.6. The molecule has 5 heteroatoms. The van der Waals surface area contributed by atoms with Gasteiger partial charge in [0, 0.05) is 66.3 Å². The monoisotopic (exact) mass is 880 g/mol. The van der Waals surface area contributed by atoms with Crippen molar-refractivity contribution in [3.8, 4) is 56.1 Å². The number of aromatic nitrogens is 2. The summed E-state index contributed by atoms with van der Waals surface area (Å²) >= 11 is 0. The maximum absolute atomic E-state index is 7.54. The molecule has 69 heavy (non-hydrogen) atoms. The number of hydrogen-bond acceptors (Lipinski definition) is 3. The van der Waals surface area contributed by atoms with Gasteiger partial charge in [-0.25, -0.2) is 0 Å². The molecule has 2 aliphatic heterocycles. The van der Waals surface area contributed by atoms with E-state index in [-0.39, 0.29) is 0 Å². The minimum atomic E-state index is 0.835. The van der Waals surface area contributed by atoms with Crippen molar-refractivity contribution < 1.29 is 4.42 Å². The first kappa shape index (κ1) is 37.9. The molecule has 13 aromatic rings. The smallest absolute Gasteiger partial charge is 0.159 e. The first-order chi connectivity index (χ1) is 34.3. The van der Waals surface area contributed by atoms with E-state index in [1.807, 2.05) is 0 Å². The minimum Gasteiger partial charge on any atom is -0.452 e. The fraction of sp³-hybridized carbons (Fsp3) is 0. The Kier molecular flexibility index (Phi) is 8.00. The van der Waals surface area contributed by atoms with E-state index in [2.05, 4.69) is 262 Å². The van der Waals surface area contributed by atoms with Crippen LogP contribution in [0.4, 0.5) is 34.1 Å². The standard InChI is InChI=1S/C64H40N4O/c1-3-21-41(22-4-1)65-51-33-13-7-25-45(51)59-47-27-9-15-35-53(47)67(61(59)49-29-11-17-37-55(49)65)57-39-19-31-43-44-32-20-40-58(64(44)69-63(43)57)68-54-36-16-10-28-48(54)60-46-26-8-14-34-52(46)66(42-23-5-2-6-24-42)56-38-18-12-30-50(56)62(60)68/h1-40H. The third-order valence-corrected chi connectivity index (χ3v) is 14.4. The zero-order chi connectivity index (χ0) is 45.2. The predicted octanol–water partition coefficient (Wildman–Crippen LogP) is 17.7. The Balaban J connectivity index is 1.03. The summed E-state index contributed by atoms with van der Waals surface area (Å²) in [4.78, 5) is 4.83. The highest BCUT2D eigenvalue weighted by Gasteiger charge is 2.34. The average molecular weight is 881 g/mol. The molecule has 0 radical (unpaired) electrons. The molecule has 5 nitrogen and oxygen atoms in total. The van der Waals surface area contributed by atoms with Crippen LogP contribution in [-0.2, 0) is 0 Å². The molecule has 0 unspecified atom stereocenters. The van der Waals surface area contributed by atoms with Crippen molar-refractivity contribution in [2.45, 2.75) is 0 Å². The highest BCUT2D eigenvalue weighted by Crippen LogP contribution is 2.57. The Morgan fingerprint density at radius 3 is 1.00 bits per heavy atom. The molecule has 0 amide bonds. The summed E-state index contributed by atoms with van der Waals surface area (Å²) in [6, 6.07) is 87.8. The lowest BCUT2D eigenvalue weighted by Gasteiger charge is -2.27. The Hall–Kier alpha value is -9.32. The molecule has 0 bridgehead atoms. The molecule has 0 spiro atoms. The maximum Gasteiger partial charge on any atom is 0.159 e. The molecule has 3 aromatic heterocycles. The van der Waals surface area contributed by atoms with Crippen LogP contribution < -0.4 is 9.80 Å². The number of fused-ring (bicyclic) bond motifs is 17.